The summed E-state index contributed by atoms with van der Waals surface area (Å²) in [5.74, 6) is 1.68. The van der Waals surface area contributed by atoms with Gasteiger partial charge in [0.1, 0.15) is 0 Å². The van der Waals surface area contributed by atoms with Crippen LogP contribution >= 0.6 is 0 Å². The lowest BCUT2D eigenvalue weighted by Crippen LogP contribution is -2.63. The third-order valence-corrected chi connectivity index (χ3v) is 5.39. The first-order valence-electron chi connectivity index (χ1n) is 8.66. The number of nitrogens with one attached hydrogen (secondary N) is 1. The van der Waals surface area contributed by atoms with E-state index in [0.29, 0.717) is 6.04 Å². The lowest BCUT2D eigenvalue weighted by molar-refractivity contribution is 0.00125. The lowest BCUT2D eigenvalue weighted by Gasteiger charge is -2.51. The Morgan fingerprint density at radius 1 is 1.19 bits per heavy atom. The van der Waals surface area contributed by atoms with Crippen molar-refractivity contribution in [1.82, 2.24) is 10.2 Å². The Labute approximate surface area is 129 Å². The van der Waals surface area contributed by atoms with Crippen LogP contribution in [0.2, 0.25) is 0 Å². The van der Waals surface area contributed by atoms with Gasteiger partial charge in [-0.25, -0.2) is 0 Å². The van der Waals surface area contributed by atoms with Crippen molar-refractivity contribution in [2.45, 2.75) is 58.2 Å². The molecule has 1 aromatic carbocycles. The molecule has 2 nitrogen and oxygen atoms in total. The summed E-state index contributed by atoms with van der Waals surface area (Å²) < 4.78 is 0. The van der Waals surface area contributed by atoms with E-state index in [4.69, 9.17) is 0 Å². The van der Waals surface area contributed by atoms with Crippen LogP contribution in [0.15, 0.2) is 30.3 Å². The van der Waals surface area contributed by atoms with Gasteiger partial charge in [-0.3, -0.25) is 4.90 Å². The van der Waals surface area contributed by atoms with E-state index in [-0.39, 0.29) is 0 Å². The molecule has 3 rings (SSSR count). The molecule has 1 aromatic rings. The predicted octanol–water partition coefficient (Wildman–Crippen LogP) is 3.33. The summed E-state index contributed by atoms with van der Waals surface area (Å²) in [4.78, 5) is 2.83. The van der Waals surface area contributed by atoms with E-state index < -0.39 is 0 Å². The van der Waals surface area contributed by atoms with Gasteiger partial charge in [0.05, 0.1) is 0 Å². The maximum absolute atomic E-state index is 3.80. The molecule has 2 fully saturated rings. The highest BCUT2D eigenvalue weighted by molar-refractivity contribution is 5.16. The van der Waals surface area contributed by atoms with Crippen molar-refractivity contribution >= 4 is 0 Å². The average Bonchev–Trinajstić information content (AvgIpc) is 2.45. The van der Waals surface area contributed by atoms with Crippen LogP contribution in [-0.4, -0.2) is 36.1 Å². The first kappa shape index (κ1) is 15.1. The molecule has 116 valence electrons. The maximum atomic E-state index is 3.80. The Morgan fingerprint density at radius 3 is 2.52 bits per heavy atom. The minimum atomic E-state index is 0.610. The van der Waals surface area contributed by atoms with Crippen molar-refractivity contribution in [3.63, 3.8) is 0 Å². The molecule has 1 heterocycles. The monoisotopic (exact) mass is 286 g/mol. The molecule has 0 amide bonds. The van der Waals surface area contributed by atoms with Gasteiger partial charge in [-0.05, 0) is 36.7 Å². The van der Waals surface area contributed by atoms with Crippen LogP contribution in [0.5, 0.6) is 0 Å². The van der Waals surface area contributed by atoms with E-state index in [0.717, 1.165) is 36.9 Å². The molecule has 2 unspecified atom stereocenters. The fourth-order valence-electron chi connectivity index (χ4n) is 4.06. The van der Waals surface area contributed by atoms with Crippen LogP contribution in [0, 0.1) is 11.8 Å². The van der Waals surface area contributed by atoms with Crippen molar-refractivity contribution in [3.8, 4) is 0 Å². The van der Waals surface area contributed by atoms with Gasteiger partial charge in [0.2, 0.25) is 0 Å². The van der Waals surface area contributed by atoms with Gasteiger partial charge < -0.3 is 5.32 Å². The number of piperazine rings is 1. The van der Waals surface area contributed by atoms with Crippen molar-refractivity contribution in [1.29, 1.82) is 0 Å². The number of hydrogen-bond acceptors (Lipinski definition) is 2. The molecule has 1 aliphatic heterocycles. The smallest absolute Gasteiger partial charge is 0.0247 e. The largest absolute Gasteiger partial charge is 0.311 e. The number of hydrogen-bond donors (Lipinski definition) is 1. The molecule has 1 saturated heterocycles. The lowest BCUT2D eigenvalue weighted by atomic mass is 9.78. The summed E-state index contributed by atoms with van der Waals surface area (Å²) in [5.41, 5.74) is 1.46. The average molecular weight is 286 g/mol. The molecule has 2 aliphatic rings. The molecular weight excluding hydrogens is 256 g/mol. The molecule has 0 aromatic heterocycles. The summed E-state index contributed by atoms with van der Waals surface area (Å²) in [6, 6.07) is 13.1. The van der Waals surface area contributed by atoms with Crippen LogP contribution in [-0.2, 0) is 6.42 Å². The summed E-state index contributed by atoms with van der Waals surface area (Å²) in [5, 5.41) is 3.80. The first-order chi connectivity index (χ1) is 10.1. The van der Waals surface area contributed by atoms with Gasteiger partial charge in [-0.15, -0.1) is 0 Å². The Kier molecular flexibility index (Phi) is 4.66. The van der Waals surface area contributed by atoms with Crippen LogP contribution in [0.1, 0.15) is 39.2 Å². The summed E-state index contributed by atoms with van der Waals surface area (Å²) >= 11 is 0. The van der Waals surface area contributed by atoms with E-state index in [2.05, 4.69) is 61.3 Å². The van der Waals surface area contributed by atoms with E-state index in [9.17, 15) is 0 Å². The summed E-state index contributed by atoms with van der Waals surface area (Å²) in [6.07, 6.45) is 3.97. The summed E-state index contributed by atoms with van der Waals surface area (Å²) in [7, 11) is 0. The van der Waals surface area contributed by atoms with Crippen molar-refractivity contribution in [2.24, 2.45) is 11.8 Å². The highest BCUT2D eigenvalue weighted by Crippen LogP contribution is 2.34. The summed E-state index contributed by atoms with van der Waals surface area (Å²) in [6.45, 7) is 9.51. The minimum Gasteiger partial charge on any atom is -0.311 e. The van der Waals surface area contributed by atoms with Crippen LogP contribution in [0.4, 0.5) is 0 Å². The zero-order valence-corrected chi connectivity index (χ0v) is 13.8. The van der Waals surface area contributed by atoms with E-state index >= 15 is 0 Å². The number of nitrogens with zero attached hydrogens (tertiary/aromatic N) is 1. The quantitative estimate of drug-likeness (QED) is 0.913. The van der Waals surface area contributed by atoms with Crippen molar-refractivity contribution < 1.29 is 0 Å². The van der Waals surface area contributed by atoms with Crippen molar-refractivity contribution in [3.05, 3.63) is 35.9 Å². The van der Waals surface area contributed by atoms with Crippen molar-refractivity contribution in [2.75, 3.05) is 13.1 Å². The highest BCUT2D eigenvalue weighted by Gasteiger charge is 2.39. The Hall–Kier alpha value is -0.860. The molecule has 1 N–H and O–H groups in total. The maximum Gasteiger partial charge on any atom is 0.0247 e. The Balaban J connectivity index is 1.64. The molecule has 1 aliphatic carbocycles. The molecule has 0 spiro atoms. The second kappa shape index (κ2) is 6.50. The van der Waals surface area contributed by atoms with Gasteiger partial charge in [-0.1, -0.05) is 51.1 Å². The molecule has 1 saturated carbocycles. The molecule has 21 heavy (non-hydrogen) atoms. The topological polar surface area (TPSA) is 15.3 Å². The van der Waals surface area contributed by atoms with Gasteiger partial charge in [0.15, 0.2) is 0 Å². The normalized spacial score (nSPS) is 33.9. The standard InChI is InChI=1S/C19H30N2/c1-14(2)19-12-20-17(11-16-7-5-4-6-8-16)13-21(19)18-9-15(3)10-18/h4-8,14-15,17-20H,9-13H2,1-3H3. The molecular formula is C19H30N2. The first-order valence-corrected chi connectivity index (χ1v) is 8.66. The molecule has 2 atom stereocenters. The predicted molar refractivity (Wildman–Crippen MR) is 89.5 cm³/mol. The Morgan fingerprint density at radius 2 is 1.90 bits per heavy atom. The Bertz CT molecular complexity index is 436. The fourth-order valence-corrected chi connectivity index (χ4v) is 4.06. The third kappa shape index (κ3) is 3.49. The van der Waals surface area contributed by atoms with Gasteiger partial charge in [0, 0.05) is 31.2 Å². The highest BCUT2D eigenvalue weighted by atomic mass is 15.3. The second-order valence-electron chi connectivity index (χ2n) is 7.53. The third-order valence-electron chi connectivity index (χ3n) is 5.39. The van der Waals surface area contributed by atoms with Crippen LogP contribution in [0.25, 0.3) is 0 Å². The van der Waals surface area contributed by atoms with Gasteiger partial charge in [0.25, 0.3) is 0 Å². The molecule has 0 bridgehead atoms. The molecule has 2 heteroatoms. The van der Waals surface area contributed by atoms with E-state index in [1.807, 2.05) is 0 Å². The van der Waals surface area contributed by atoms with Crippen LogP contribution < -0.4 is 5.32 Å². The zero-order valence-electron chi connectivity index (χ0n) is 13.8. The SMILES string of the molecule is CC1CC(N2CC(Cc3ccccc3)NCC2C(C)C)C1. The van der Waals surface area contributed by atoms with Gasteiger partial charge in [-0.2, -0.15) is 0 Å². The van der Waals surface area contributed by atoms with Crippen LogP contribution in [0.3, 0.4) is 0 Å². The van der Waals surface area contributed by atoms with E-state index in [1.54, 1.807) is 0 Å². The number of benzene rings is 1. The minimum absolute atomic E-state index is 0.610. The number of rotatable bonds is 4. The van der Waals surface area contributed by atoms with E-state index in [1.165, 1.54) is 24.9 Å². The fraction of sp³-hybridized carbons (Fsp3) is 0.684. The van der Waals surface area contributed by atoms with Gasteiger partial charge >= 0.3 is 0 Å². The second-order valence-corrected chi connectivity index (χ2v) is 7.53. The molecule has 0 radical (unpaired) electrons. The zero-order chi connectivity index (χ0) is 14.8.